The van der Waals surface area contributed by atoms with Gasteiger partial charge in [-0.3, -0.25) is 0 Å². The zero-order valence-corrected chi connectivity index (χ0v) is 14.1. The van der Waals surface area contributed by atoms with Crippen molar-refractivity contribution in [2.75, 3.05) is 32.9 Å². The van der Waals surface area contributed by atoms with Crippen LogP contribution >= 0.6 is 24.0 Å². The molecule has 0 radical (unpaired) electrons. The second kappa shape index (κ2) is 5.61. The minimum Gasteiger partial charge on any atom is -0.378 e. The Kier molecular flexibility index (Phi) is 4.16. The molecule has 5 nitrogen and oxygen atoms in total. The number of nitrogens with zero attached hydrogens (tertiary/aromatic N) is 2. The largest absolute Gasteiger partial charge is 0.378 e. The van der Waals surface area contributed by atoms with Gasteiger partial charge in [-0.2, -0.15) is 0 Å². The molecule has 0 aromatic rings. The summed E-state index contributed by atoms with van der Waals surface area (Å²) in [5.74, 6) is 1.35. The number of nitrogens with two attached hydrogens (primary N) is 1. The second-order valence-corrected chi connectivity index (χ2v) is 6.36. The molecule has 2 aliphatic heterocycles. The molecule has 2 saturated heterocycles. The molecule has 114 valence electrons. The van der Waals surface area contributed by atoms with E-state index in [-0.39, 0.29) is 24.0 Å². The summed E-state index contributed by atoms with van der Waals surface area (Å²) < 4.78 is 11.3. The van der Waals surface area contributed by atoms with E-state index in [0.29, 0.717) is 23.5 Å². The predicted molar refractivity (Wildman–Crippen MR) is 87.3 cm³/mol. The first-order valence-electron chi connectivity index (χ1n) is 7.59. The molecule has 4 rings (SSSR count). The summed E-state index contributed by atoms with van der Waals surface area (Å²) in [6, 6.07) is 0.414. The maximum Gasteiger partial charge on any atom is 0.191 e. The normalized spacial score (nSPS) is 38.7. The van der Waals surface area contributed by atoms with Gasteiger partial charge in [-0.15, -0.1) is 24.0 Å². The van der Waals surface area contributed by atoms with E-state index in [2.05, 4.69) is 4.90 Å². The number of aliphatic imine (C=N–C) groups is 1. The molecule has 4 aliphatic rings. The van der Waals surface area contributed by atoms with E-state index in [1.54, 1.807) is 0 Å². The molecule has 2 N–H and O–H groups in total. The van der Waals surface area contributed by atoms with Crippen molar-refractivity contribution < 1.29 is 9.47 Å². The Morgan fingerprint density at radius 3 is 2.60 bits per heavy atom. The van der Waals surface area contributed by atoms with Crippen molar-refractivity contribution in [1.29, 1.82) is 0 Å². The zero-order chi connectivity index (χ0) is 12.9. The van der Waals surface area contributed by atoms with Gasteiger partial charge in [0.1, 0.15) is 0 Å². The molecular weight excluding hydrogens is 369 g/mol. The van der Waals surface area contributed by atoms with E-state index >= 15 is 0 Å². The number of rotatable bonds is 1. The van der Waals surface area contributed by atoms with Gasteiger partial charge in [-0.25, -0.2) is 4.99 Å². The van der Waals surface area contributed by atoms with Crippen LogP contribution in [0.25, 0.3) is 0 Å². The van der Waals surface area contributed by atoms with Crippen LogP contribution < -0.4 is 5.73 Å². The first-order chi connectivity index (χ1) is 9.31. The average Bonchev–Trinajstić information content (AvgIpc) is 2.80. The van der Waals surface area contributed by atoms with Crippen molar-refractivity contribution >= 4 is 29.9 Å². The Hall–Kier alpha value is -0.0800. The maximum atomic E-state index is 6.22. The van der Waals surface area contributed by atoms with Crippen LogP contribution in [-0.4, -0.2) is 55.9 Å². The van der Waals surface area contributed by atoms with Gasteiger partial charge in [0.05, 0.1) is 25.4 Å². The minimum atomic E-state index is 0. The van der Waals surface area contributed by atoms with Gasteiger partial charge in [-0.05, 0) is 19.3 Å². The molecule has 2 heterocycles. The van der Waals surface area contributed by atoms with E-state index in [1.165, 1.54) is 19.3 Å². The van der Waals surface area contributed by atoms with Crippen LogP contribution in [0.2, 0.25) is 0 Å². The number of guanidine groups is 1. The lowest BCUT2D eigenvalue weighted by atomic mass is 9.46. The summed E-state index contributed by atoms with van der Waals surface area (Å²) in [5.41, 5.74) is 6.57. The van der Waals surface area contributed by atoms with E-state index in [0.717, 1.165) is 45.3 Å². The molecule has 0 aromatic carbocycles. The average molecular weight is 393 g/mol. The molecule has 0 aromatic heterocycles. The second-order valence-electron chi connectivity index (χ2n) is 6.36. The van der Waals surface area contributed by atoms with Gasteiger partial charge < -0.3 is 20.1 Å². The molecule has 4 fully saturated rings. The molecule has 0 amide bonds. The van der Waals surface area contributed by atoms with E-state index in [1.807, 2.05) is 0 Å². The van der Waals surface area contributed by atoms with Crippen LogP contribution in [0, 0.1) is 11.3 Å². The fourth-order valence-corrected chi connectivity index (χ4v) is 4.40. The standard InChI is InChI=1S/C14H23N3O2.HI/c15-13(17-5-8-18-9-6-17)16-11-10-2-7-19-12(10)14(11)3-1-4-14;/h10-12H,1-9H2,(H2,15,16);1H. The SMILES string of the molecule is I.NC(=NC1C2CCOC2C12CCC2)N1CCOCC1. The van der Waals surface area contributed by atoms with Gasteiger partial charge in [0.15, 0.2) is 5.96 Å². The Bertz CT molecular complexity index is 394. The summed E-state index contributed by atoms with van der Waals surface area (Å²) in [6.45, 7) is 4.20. The number of morpholine rings is 1. The number of hydrogen-bond donors (Lipinski definition) is 1. The number of fused-ring (bicyclic) bond motifs is 2. The van der Waals surface area contributed by atoms with Crippen molar-refractivity contribution in [3.63, 3.8) is 0 Å². The molecule has 1 spiro atoms. The molecule has 2 aliphatic carbocycles. The van der Waals surface area contributed by atoms with Crippen molar-refractivity contribution in [1.82, 2.24) is 4.90 Å². The predicted octanol–water partition coefficient (Wildman–Crippen LogP) is 1.21. The third-order valence-corrected chi connectivity index (χ3v) is 5.59. The van der Waals surface area contributed by atoms with Gasteiger partial charge >= 0.3 is 0 Å². The topological polar surface area (TPSA) is 60.1 Å². The van der Waals surface area contributed by atoms with Crippen LogP contribution in [0.1, 0.15) is 25.7 Å². The van der Waals surface area contributed by atoms with Crippen molar-refractivity contribution in [3.05, 3.63) is 0 Å². The number of halogens is 1. The van der Waals surface area contributed by atoms with E-state index in [4.69, 9.17) is 20.2 Å². The molecule has 20 heavy (non-hydrogen) atoms. The first kappa shape index (κ1) is 14.8. The van der Waals surface area contributed by atoms with Gasteiger partial charge in [-0.1, -0.05) is 6.42 Å². The maximum absolute atomic E-state index is 6.22. The summed E-state index contributed by atoms with van der Waals surface area (Å²) in [5, 5.41) is 0. The highest BCUT2D eigenvalue weighted by atomic mass is 127. The minimum absolute atomic E-state index is 0. The van der Waals surface area contributed by atoms with Crippen LogP contribution in [0.4, 0.5) is 0 Å². The zero-order valence-electron chi connectivity index (χ0n) is 11.8. The van der Waals surface area contributed by atoms with Gasteiger partial charge in [0, 0.05) is 31.0 Å². The van der Waals surface area contributed by atoms with Crippen LogP contribution in [0.5, 0.6) is 0 Å². The Morgan fingerprint density at radius 2 is 1.95 bits per heavy atom. The molecule has 3 atom stereocenters. The van der Waals surface area contributed by atoms with Gasteiger partial charge in [0.2, 0.25) is 0 Å². The summed E-state index contributed by atoms with van der Waals surface area (Å²) >= 11 is 0. The van der Waals surface area contributed by atoms with E-state index in [9.17, 15) is 0 Å². The summed E-state index contributed by atoms with van der Waals surface area (Å²) in [6.07, 6.45) is 5.53. The Balaban J connectivity index is 0.00000121. The molecule has 3 unspecified atom stereocenters. The summed E-state index contributed by atoms with van der Waals surface area (Å²) in [4.78, 5) is 7.07. The number of hydrogen-bond acceptors (Lipinski definition) is 3. The first-order valence-corrected chi connectivity index (χ1v) is 7.59. The monoisotopic (exact) mass is 393 g/mol. The van der Waals surface area contributed by atoms with Gasteiger partial charge in [0.25, 0.3) is 0 Å². The lowest BCUT2D eigenvalue weighted by molar-refractivity contribution is -0.164. The highest BCUT2D eigenvalue weighted by Gasteiger charge is 2.66. The van der Waals surface area contributed by atoms with Crippen LogP contribution in [0.15, 0.2) is 4.99 Å². The summed E-state index contributed by atoms with van der Waals surface area (Å²) in [7, 11) is 0. The lowest BCUT2D eigenvalue weighted by Crippen LogP contribution is -2.66. The van der Waals surface area contributed by atoms with Crippen molar-refractivity contribution in [2.45, 2.75) is 37.8 Å². The molecule has 2 saturated carbocycles. The number of ether oxygens (including phenoxy) is 2. The van der Waals surface area contributed by atoms with Crippen molar-refractivity contribution in [2.24, 2.45) is 22.1 Å². The Morgan fingerprint density at radius 1 is 1.20 bits per heavy atom. The third kappa shape index (κ3) is 2.06. The highest BCUT2D eigenvalue weighted by Crippen LogP contribution is 2.64. The third-order valence-electron chi connectivity index (χ3n) is 5.59. The molecule has 6 heteroatoms. The fraction of sp³-hybridized carbons (Fsp3) is 0.929. The molecule has 0 bridgehead atoms. The highest BCUT2D eigenvalue weighted by molar-refractivity contribution is 14.0. The Labute approximate surface area is 137 Å². The smallest absolute Gasteiger partial charge is 0.191 e. The fourth-order valence-electron chi connectivity index (χ4n) is 4.40. The van der Waals surface area contributed by atoms with E-state index < -0.39 is 0 Å². The van der Waals surface area contributed by atoms with Crippen LogP contribution in [0.3, 0.4) is 0 Å². The lowest BCUT2D eigenvalue weighted by Gasteiger charge is -2.61. The van der Waals surface area contributed by atoms with Crippen molar-refractivity contribution in [3.8, 4) is 0 Å². The van der Waals surface area contributed by atoms with Crippen LogP contribution in [-0.2, 0) is 9.47 Å². The molecular formula is C14H24IN3O2. The quantitative estimate of drug-likeness (QED) is 0.414.